The van der Waals surface area contributed by atoms with Gasteiger partial charge in [0.15, 0.2) is 0 Å². The van der Waals surface area contributed by atoms with Crippen molar-refractivity contribution < 1.29 is 8.42 Å². The Morgan fingerprint density at radius 1 is 1.27 bits per heavy atom. The van der Waals surface area contributed by atoms with E-state index in [0.717, 1.165) is 23.1 Å². The van der Waals surface area contributed by atoms with E-state index >= 15 is 0 Å². The Kier molecular flexibility index (Phi) is 5.59. The molecular formula is C15H24N4O2S. The van der Waals surface area contributed by atoms with Gasteiger partial charge in [-0.1, -0.05) is 19.9 Å². The molecule has 0 amide bonds. The van der Waals surface area contributed by atoms with Crippen LogP contribution in [0.4, 0.5) is 11.4 Å². The summed E-state index contributed by atoms with van der Waals surface area (Å²) in [5, 5.41) is 4.29. The average Bonchev–Trinajstić information content (AvgIpc) is 2.79. The highest BCUT2D eigenvalue weighted by molar-refractivity contribution is 7.92. The van der Waals surface area contributed by atoms with Gasteiger partial charge in [-0.2, -0.15) is 5.10 Å². The Morgan fingerprint density at radius 2 is 1.86 bits per heavy atom. The lowest BCUT2D eigenvalue weighted by atomic mass is 10.1. The number of hydrogen-bond acceptors (Lipinski definition) is 4. The largest absolute Gasteiger partial charge is 0.397 e. The van der Waals surface area contributed by atoms with Crippen molar-refractivity contribution in [2.75, 3.05) is 23.3 Å². The van der Waals surface area contributed by atoms with Gasteiger partial charge in [-0.05, 0) is 24.6 Å². The molecule has 1 heterocycles. The van der Waals surface area contributed by atoms with Gasteiger partial charge in [0.05, 0.1) is 23.3 Å². The molecule has 0 atom stereocenters. The lowest BCUT2D eigenvalue weighted by Gasteiger charge is -2.19. The van der Waals surface area contributed by atoms with Crippen molar-refractivity contribution in [1.82, 2.24) is 9.78 Å². The molecule has 1 aromatic carbocycles. The summed E-state index contributed by atoms with van der Waals surface area (Å²) in [5.41, 5.74) is 9.49. The molecule has 0 saturated heterocycles. The number of nitrogens with two attached hydrogens (primary N) is 1. The molecule has 0 saturated carbocycles. The van der Waals surface area contributed by atoms with Crippen LogP contribution in [0.2, 0.25) is 0 Å². The third-order valence-corrected chi connectivity index (χ3v) is 4.38. The van der Waals surface area contributed by atoms with Crippen LogP contribution in [0.5, 0.6) is 0 Å². The Labute approximate surface area is 132 Å². The highest BCUT2D eigenvalue weighted by Crippen LogP contribution is 2.31. The summed E-state index contributed by atoms with van der Waals surface area (Å²) >= 11 is 0. The van der Waals surface area contributed by atoms with Crippen LogP contribution >= 0.6 is 0 Å². The van der Waals surface area contributed by atoms with Gasteiger partial charge < -0.3 is 5.73 Å². The minimum absolute atomic E-state index is 0.420. The molecule has 0 aliphatic heterocycles. The quantitative estimate of drug-likeness (QED) is 0.879. The molecule has 7 heteroatoms. The zero-order valence-electron chi connectivity index (χ0n) is 14.0. The van der Waals surface area contributed by atoms with Crippen LogP contribution < -0.4 is 10.0 Å². The first-order valence-electron chi connectivity index (χ1n) is 7.04. The topological polar surface area (TPSA) is 81.2 Å². The average molecular weight is 324 g/mol. The number of benzene rings is 1. The second-order valence-electron chi connectivity index (χ2n) is 4.81. The lowest BCUT2D eigenvalue weighted by molar-refractivity contribution is 0.600. The summed E-state index contributed by atoms with van der Waals surface area (Å²) in [6.45, 7) is 5.91. The predicted molar refractivity (Wildman–Crippen MR) is 92.4 cm³/mol. The van der Waals surface area contributed by atoms with E-state index in [0.29, 0.717) is 11.4 Å². The standard InChI is InChI=1S/C13H18N4O2S.C2H6/c1-9-11(8-16(2)15-9)10-5-6-12(14)13(7-10)17(3)20(4,18)19;1-2/h5-8H,14H2,1-4H3;1-2H3. The van der Waals surface area contributed by atoms with E-state index in [-0.39, 0.29) is 0 Å². The van der Waals surface area contributed by atoms with Crippen LogP contribution in [0, 0.1) is 6.92 Å². The van der Waals surface area contributed by atoms with E-state index in [2.05, 4.69) is 5.10 Å². The molecule has 0 aliphatic rings. The van der Waals surface area contributed by atoms with Gasteiger partial charge >= 0.3 is 0 Å². The van der Waals surface area contributed by atoms with Gasteiger partial charge in [0.2, 0.25) is 10.0 Å². The van der Waals surface area contributed by atoms with Gasteiger partial charge in [0, 0.05) is 25.9 Å². The molecule has 0 spiro atoms. The van der Waals surface area contributed by atoms with E-state index in [1.807, 2.05) is 40.1 Å². The number of aromatic nitrogens is 2. The van der Waals surface area contributed by atoms with Crippen LogP contribution in [0.15, 0.2) is 24.4 Å². The Hall–Kier alpha value is -2.02. The number of sulfonamides is 1. The van der Waals surface area contributed by atoms with Crippen molar-refractivity contribution >= 4 is 21.4 Å². The normalized spacial score (nSPS) is 10.8. The molecule has 2 N–H and O–H groups in total. The summed E-state index contributed by atoms with van der Waals surface area (Å²) in [4.78, 5) is 0. The first-order chi connectivity index (χ1) is 10.2. The summed E-state index contributed by atoms with van der Waals surface area (Å²) in [5.74, 6) is 0. The molecule has 0 radical (unpaired) electrons. The minimum Gasteiger partial charge on any atom is -0.397 e. The van der Waals surface area contributed by atoms with Crippen molar-refractivity contribution in [3.63, 3.8) is 0 Å². The monoisotopic (exact) mass is 324 g/mol. The number of nitrogen functional groups attached to an aromatic ring is 1. The summed E-state index contributed by atoms with van der Waals surface area (Å²) in [7, 11) is -0.0181. The second kappa shape index (κ2) is 6.83. The number of hydrogen-bond donors (Lipinski definition) is 1. The highest BCUT2D eigenvalue weighted by Gasteiger charge is 2.16. The molecular weight excluding hydrogens is 300 g/mol. The number of rotatable bonds is 3. The van der Waals surface area contributed by atoms with E-state index in [9.17, 15) is 8.42 Å². The Bertz CT molecular complexity index is 751. The molecule has 6 nitrogen and oxygen atoms in total. The van der Waals surface area contributed by atoms with Gasteiger partial charge in [0.1, 0.15) is 0 Å². The molecule has 1 aromatic heterocycles. The fourth-order valence-corrected chi connectivity index (χ4v) is 2.56. The van der Waals surface area contributed by atoms with Crippen LogP contribution in [0.25, 0.3) is 11.1 Å². The Morgan fingerprint density at radius 3 is 2.32 bits per heavy atom. The molecule has 2 aromatic rings. The van der Waals surface area contributed by atoms with Gasteiger partial charge in [0.25, 0.3) is 0 Å². The van der Waals surface area contributed by atoms with Crippen LogP contribution in [-0.4, -0.2) is 31.5 Å². The van der Waals surface area contributed by atoms with Gasteiger partial charge in [-0.3, -0.25) is 8.99 Å². The van der Waals surface area contributed by atoms with Crippen LogP contribution in [0.3, 0.4) is 0 Å². The fourth-order valence-electron chi connectivity index (χ4n) is 2.05. The van der Waals surface area contributed by atoms with Crippen molar-refractivity contribution in [2.45, 2.75) is 20.8 Å². The maximum Gasteiger partial charge on any atom is 0.232 e. The lowest BCUT2D eigenvalue weighted by Crippen LogP contribution is -2.25. The molecule has 2 rings (SSSR count). The highest BCUT2D eigenvalue weighted by atomic mass is 32.2. The van der Waals surface area contributed by atoms with Crippen molar-refractivity contribution in [3.05, 3.63) is 30.1 Å². The Balaban J connectivity index is 0.00000116. The molecule has 0 bridgehead atoms. The SMILES string of the molecule is CC.Cc1nn(C)cc1-c1ccc(N)c(N(C)S(C)(=O)=O)c1. The second-order valence-corrected chi connectivity index (χ2v) is 6.82. The summed E-state index contributed by atoms with van der Waals surface area (Å²) in [6.07, 6.45) is 3.04. The van der Waals surface area contributed by atoms with E-state index < -0.39 is 10.0 Å². The first-order valence-corrected chi connectivity index (χ1v) is 8.89. The van der Waals surface area contributed by atoms with Gasteiger partial charge in [-0.25, -0.2) is 8.42 Å². The number of nitrogens with zero attached hydrogens (tertiary/aromatic N) is 3. The molecule has 0 unspecified atom stereocenters. The van der Waals surface area contributed by atoms with E-state index in [1.165, 1.54) is 11.4 Å². The smallest absolute Gasteiger partial charge is 0.232 e. The van der Waals surface area contributed by atoms with Crippen molar-refractivity contribution in [1.29, 1.82) is 0 Å². The zero-order chi connectivity index (χ0) is 17.1. The number of anilines is 2. The maximum atomic E-state index is 11.7. The summed E-state index contributed by atoms with van der Waals surface area (Å²) in [6, 6.07) is 5.33. The van der Waals surface area contributed by atoms with Crippen molar-refractivity contribution in [2.24, 2.45) is 7.05 Å². The van der Waals surface area contributed by atoms with Crippen LogP contribution in [-0.2, 0) is 17.1 Å². The molecule has 122 valence electrons. The first kappa shape index (κ1) is 18.0. The van der Waals surface area contributed by atoms with Crippen molar-refractivity contribution in [3.8, 4) is 11.1 Å². The van der Waals surface area contributed by atoms with E-state index in [4.69, 9.17) is 5.73 Å². The third-order valence-electron chi connectivity index (χ3n) is 3.19. The molecule has 0 fully saturated rings. The molecule has 0 aliphatic carbocycles. The fraction of sp³-hybridized carbons (Fsp3) is 0.400. The third kappa shape index (κ3) is 3.79. The summed E-state index contributed by atoms with van der Waals surface area (Å²) < 4.78 is 26.2. The van der Waals surface area contributed by atoms with E-state index in [1.54, 1.807) is 16.8 Å². The number of aryl methyl sites for hydroxylation is 2. The predicted octanol–water partition coefficient (Wildman–Crippen LogP) is 2.40. The minimum atomic E-state index is -3.35. The van der Waals surface area contributed by atoms with Gasteiger partial charge in [-0.15, -0.1) is 0 Å². The molecule has 22 heavy (non-hydrogen) atoms. The van der Waals surface area contributed by atoms with Crippen LogP contribution in [0.1, 0.15) is 19.5 Å². The zero-order valence-corrected chi connectivity index (χ0v) is 14.8. The maximum absolute atomic E-state index is 11.7.